The molecule has 0 N–H and O–H groups in total. The van der Waals surface area contributed by atoms with Crippen LogP contribution in [0.1, 0.15) is 0 Å². The van der Waals surface area contributed by atoms with Gasteiger partial charge in [0.15, 0.2) is 0 Å². The van der Waals surface area contributed by atoms with Crippen LogP contribution in [-0.4, -0.2) is 13.7 Å². The number of hydrogen-bond donors (Lipinski definition) is 0. The fourth-order valence-corrected chi connectivity index (χ4v) is 21.0. The zero-order valence-corrected chi connectivity index (χ0v) is 66.0. The van der Waals surface area contributed by atoms with Crippen molar-refractivity contribution in [2.24, 2.45) is 0 Å². The molecule has 0 aliphatic heterocycles. The Kier molecular flexibility index (Phi) is 15.4. The molecule has 0 unspecified atom stereocenters. The van der Waals surface area contributed by atoms with Gasteiger partial charge in [-0.2, -0.15) is 0 Å². The number of nitrogens with zero attached hydrogens (tertiary/aromatic N) is 3. The van der Waals surface area contributed by atoms with E-state index in [0.717, 1.165) is 0 Å². The fraction of sp³-hybridized carbons (Fsp3) is 0. The van der Waals surface area contributed by atoms with E-state index in [0.29, 0.717) is 0 Å². The van der Waals surface area contributed by atoms with Crippen molar-refractivity contribution < 1.29 is 0 Å². The Morgan fingerprint density at radius 2 is 0.405 bits per heavy atom. The molecule has 0 radical (unpaired) electrons. The van der Waals surface area contributed by atoms with Crippen LogP contribution in [-0.2, 0) is 0 Å². The molecule has 0 spiro atoms. The summed E-state index contributed by atoms with van der Waals surface area (Å²) in [6.45, 7) is 0. The van der Waals surface area contributed by atoms with Crippen molar-refractivity contribution in [3.63, 3.8) is 0 Å². The lowest BCUT2D eigenvalue weighted by Crippen LogP contribution is -1.97. The first-order valence-corrected chi connectivity index (χ1v) is 42.0. The monoisotopic (exact) mass is 1530 g/mol. The van der Waals surface area contributed by atoms with Crippen molar-refractivity contribution in [1.82, 2.24) is 13.7 Å². The lowest BCUT2D eigenvalue weighted by atomic mass is 9.93. The SMILES string of the molecule is c1ccc(-c2ccc(-n3c4cccc5c4c4c6c(cccc6ccc43)-c3ccccc3-5)c3ccccc23)cc1.c1ccc(-c2ccccc2-c2ccc(-n3c4cccc5c4c4c6c(cccc6ccc43)-c3ccccc3-5)cc2)cc1.c1ccc(-c2ccccc2-c2cccc(-n3c4cccc5c4c4c6c(cccc6ccc43)-c3ccccc3-5)c2)cc1. The summed E-state index contributed by atoms with van der Waals surface area (Å²) in [5.74, 6) is 0. The highest BCUT2D eigenvalue weighted by atomic mass is 15.0. The first-order chi connectivity index (χ1) is 60.1. The summed E-state index contributed by atoms with van der Waals surface area (Å²) in [4.78, 5) is 0. The van der Waals surface area contributed by atoms with Gasteiger partial charge in [0.05, 0.1) is 38.8 Å². The van der Waals surface area contributed by atoms with Crippen molar-refractivity contribution in [1.29, 1.82) is 0 Å². The van der Waals surface area contributed by atoms with Crippen LogP contribution in [0.4, 0.5) is 0 Å². The maximum atomic E-state index is 2.50. The van der Waals surface area contributed by atoms with Gasteiger partial charge in [0.25, 0.3) is 0 Å². The fourth-order valence-electron chi connectivity index (χ4n) is 21.0. The second-order valence-electron chi connectivity index (χ2n) is 32.3. The molecule has 3 nitrogen and oxygen atoms in total. The molecule has 3 heteroatoms. The quantitative estimate of drug-likeness (QED) is 0.144. The molecule has 121 heavy (non-hydrogen) atoms. The van der Waals surface area contributed by atoms with Gasteiger partial charge >= 0.3 is 0 Å². The smallest absolute Gasteiger partial charge is 0.0548 e. The number of benzene rings is 21. The van der Waals surface area contributed by atoms with E-state index in [1.807, 2.05) is 0 Å². The summed E-state index contributed by atoms with van der Waals surface area (Å²) in [6.07, 6.45) is 0. The van der Waals surface area contributed by atoms with Crippen molar-refractivity contribution in [3.8, 4) is 139 Å². The molecule has 0 saturated heterocycles. The van der Waals surface area contributed by atoms with E-state index in [-0.39, 0.29) is 0 Å². The lowest BCUT2D eigenvalue weighted by molar-refractivity contribution is 1.18. The normalized spacial score (nSPS) is 12.0. The van der Waals surface area contributed by atoms with Gasteiger partial charge in [0.1, 0.15) is 0 Å². The standard InChI is InChI=1S/2C40H25N.C38H23N/c1-2-11-26(12-3-1)30-16-4-5-17-31(30)28-14-8-15-29(25-28)41-36-22-10-21-35-33-19-7-6-18-32(33)34-20-9-13-27-23-24-37(41)40(38(27)34)39(35)36;1-2-10-26(11-3-1)30-13-4-5-14-31(30)27-20-23-29(24-21-27)41-36-19-9-18-35-33-16-7-6-15-32(33)34-17-8-12-28-22-25-37(41)40(38(28)34)39(35)36;1-2-10-24(11-3-1)26-21-23-33(30-16-7-6-13-27(26)30)39-34-19-9-18-32-29-15-5-4-14-28(29)31-17-8-12-25-20-22-35(39)38(36(25)31)37(32)34/h2*1-25H;1-23H. The van der Waals surface area contributed by atoms with E-state index < -0.39 is 0 Å². The highest BCUT2D eigenvalue weighted by Crippen LogP contribution is 2.55. The summed E-state index contributed by atoms with van der Waals surface area (Å²) >= 11 is 0. The van der Waals surface area contributed by atoms with Gasteiger partial charge in [-0.3, -0.25) is 0 Å². The van der Waals surface area contributed by atoms with Crippen LogP contribution in [0, 0.1) is 0 Å². The Labute approximate surface area is 699 Å². The molecule has 560 valence electrons. The first-order valence-electron chi connectivity index (χ1n) is 42.0. The van der Waals surface area contributed by atoms with Crippen LogP contribution < -0.4 is 0 Å². The topological polar surface area (TPSA) is 14.8 Å². The summed E-state index contributed by atoms with van der Waals surface area (Å²) in [7, 11) is 0. The van der Waals surface area contributed by atoms with Crippen LogP contribution in [0.25, 0.3) is 248 Å². The molecule has 3 heterocycles. The molecule has 3 aromatic heterocycles. The van der Waals surface area contributed by atoms with Crippen molar-refractivity contribution >= 4 is 109 Å². The third-order valence-corrected chi connectivity index (χ3v) is 26.0. The molecule has 24 aromatic rings. The number of fused-ring (bicyclic) bond motifs is 10. The predicted molar refractivity (Wildman–Crippen MR) is 513 cm³/mol. The summed E-state index contributed by atoms with van der Waals surface area (Å²) in [5.41, 5.74) is 39.1. The maximum Gasteiger partial charge on any atom is 0.0548 e. The summed E-state index contributed by atoms with van der Waals surface area (Å²) < 4.78 is 7.41. The van der Waals surface area contributed by atoms with E-state index in [4.69, 9.17) is 0 Å². The van der Waals surface area contributed by atoms with E-state index in [1.54, 1.807) is 0 Å². The second-order valence-corrected chi connectivity index (χ2v) is 32.3. The Hall–Kier alpha value is -15.9. The van der Waals surface area contributed by atoms with Crippen LogP contribution in [0.15, 0.2) is 443 Å². The maximum absolute atomic E-state index is 2.50. The Morgan fingerprint density at radius 3 is 0.818 bits per heavy atom. The van der Waals surface area contributed by atoms with Gasteiger partial charge in [0.2, 0.25) is 0 Å². The molecule has 0 bridgehead atoms. The first kappa shape index (κ1) is 68.3. The van der Waals surface area contributed by atoms with Gasteiger partial charge in [-0.15, -0.1) is 0 Å². The largest absolute Gasteiger partial charge is 0.309 e. The highest BCUT2D eigenvalue weighted by molar-refractivity contribution is 6.34. The number of hydrogen-bond acceptors (Lipinski definition) is 0. The van der Waals surface area contributed by atoms with Crippen molar-refractivity contribution in [3.05, 3.63) is 443 Å². The Morgan fingerprint density at radius 1 is 0.124 bits per heavy atom. The molecule has 3 aliphatic carbocycles. The second kappa shape index (κ2) is 27.3. The number of rotatable bonds is 8. The van der Waals surface area contributed by atoms with Gasteiger partial charge in [0, 0.05) is 49.1 Å². The Bertz CT molecular complexity index is 8420. The summed E-state index contributed by atoms with van der Waals surface area (Å²) in [5, 5.41) is 18.5. The number of aromatic nitrogens is 3. The van der Waals surface area contributed by atoms with Gasteiger partial charge in [-0.25, -0.2) is 0 Å². The van der Waals surface area contributed by atoms with Crippen molar-refractivity contribution in [2.75, 3.05) is 0 Å². The average molecular weight is 1530 g/mol. The zero-order chi connectivity index (χ0) is 79.3. The molecule has 27 rings (SSSR count). The molecule has 21 aromatic carbocycles. The lowest BCUT2D eigenvalue weighted by Gasteiger charge is -2.16. The minimum Gasteiger partial charge on any atom is -0.309 e. The average Bonchev–Trinajstić information content (AvgIpc) is 1.55. The van der Waals surface area contributed by atoms with Gasteiger partial charge < -0.3 is 13.7 Å². The van der Waals surface area contributed by atoms with E-state index in [1.165, 1.54) is 248 Å². The Balaban J connectivity index is 0.000000100. The third-order valence-electron chi connectivity index (χ3n) is 26.0. The molecular formula is C118H73N3. The minimum atomic E-state index is 1.17. The minimum absolute atomic E-state index is 1.17. The summed E-state index contributed by atoms with van der Waals surface area (Å²) in [6, 6.07) is 162. The molecule has 0 amide bonds. The molecule has 0 fully saturated rings. The van der Waals surface area contributed by atoms with Gasteiger partial charge in [-0.05, 0) is 227 Å². The van der Waals surface area contributed by atoms with Crippen LogP contribution in [0.2, 0.25) is 0 Å². The van der Waals surface area contributed by atoms with Crippen LogP contribution in [0.3, 0.4) is 0 Å². The zero-order valence-electron chi connectivity index (χ0n) is 66.0. The van der Waals surface area contributed by atoms with Crippen molar-refractivity contribution in [2.45, 2.75) is 0 Å². The molecular weight excluding hydrogens is 1460 g/mol. The molecule has 3 aliphatic rings. The van der Waals surface area contributed by atoms with E-state index >= 15 is 0 Å². The predicted octanol–water partition coefficient (Wildman–Crippen LogP) is 32.2. The van der Waals surface area contributed by atoms with E-state index in [2.05, 4.69) is 457 Å². The molecule has 0 saturated carbocycles. The van der Waals surface area contributed by atoms with E-state index in [9.17, 15) is 0 Å². The van der Waals surface area contributed by atoms with Crippen LogP contribution in [0.5, 0.6) is 0 Å². The van der Waals surface area contributed by atoms with Crippen LogP contribution >= 0.6 is 0 Å². The van der Waals surface area contributed by atoms with Gasteiger partial charge in [-0.1, -0.05) is 376 Å². The highest BCUT2D eigenvalue weighted by Gasteiger charge is 2.30. The molecule has 0 atom stereocenters. The third kappa shape index (κ3) is 10.5.